The minimum Gasteiger partial charge on any atom is -0.397 e. The van der Waals surface area contributed by atoms with Crippen LogP contribution in [-0.2, 0) is 0 Å². The monoisotopic (exact) mass is 276 g/mol. The highest BCUT2D eigenvalue weighted by molar-refractivity contribution is 6.33. The molecule has 1 aromatic carbocycles. The zero-order chi connectivity index (χ0) is 14.0. The lowest BCUT2D eigenvalue weighted by molar-refractivity contribution is 0.100. The van der Waals surface area contributed by atoms with Gasteiger partial charge < -0.3 is 16.8 Å². The van der Waals surface area contributed by atoms with Gasteiger partial charge in [-0.2, -0.15) is 0 Å². The first-order valence-electron chi connectivity index (χ1n) is 5.56. The Morgan fingerprint density at radius 1 is 1.37 bits per heavy atom. The van der Waals surface area contributed by atoms with Crippen LogP contribution in [0.25, 0.3) is 0 Å². The fourth-order valence-electron chi connectivity index (χ4n) is 1.61. The topological polar surface area (TPSA) is 94.0 Å². The number of amides is 1. The molecule has 1 aromatic heterocycles. The molecule has 0 aliphatic heterocycles. The number of carbonyl (C=O) groups excluding carboxylic acids is 1. The average Bonchev–Trinajstić information content (AvgIpc) is 2.34. The number of nitrogens with one attached hydrogen (secondary N) is 1. The number of hydrogen-bond donors (Lipinski definition) is 3. The second-order valence-electron chi connectivity index (χ2n) is 4.13. The summed E-state index contributed by atoms with van der Waals surface area (Å²) in [5.74, 6) is -0.147. The van der Waals surface area contributed by atoms with Gasteiger partial charge in [-0.1, -0.05) is 17.7 Å². The van der Waals surface area contributed by atoms with Gasteiger partial charge in [0.1, 0.15) is 5.82 Å². The normalized spacial score (nSPS) is 10.2. The summed E-state index contributed by atoms with van der Waals surface area (Å²) in [6, 6.07) is 7.07. The number of anilines is 3. The summed E-state index contributed by atoms with van der Waals surface area (Å²) in [6.07, 6.45) is 1.38. The Hall–Kier alpha value is -2.27. The number of hydrogen-bond acceptors (Lipinski definition) is 4. The molecule has 0 bridgehead atoms. The molecule has 1 heterocycles. The van der Waals surface area contributed by atoms with Gasteiger partial charge in [0, 0.05) is 0 Å². The number of aryl methyl sites for hydroxylation is 1. The molecule has 2 aromatic rings. The van der Waals surface area contributed by atoms with Crippen LogP contribution in [0, 0.1) is 6.92 Å². The van der Waals surface area contributed by atoms with E-state index in [9.17, 15) is 4.79 Å². The fraction of sp³-hybridized carbons (Fsp3) is 0.0769. The first-order valence-corrected chi connectivity index (χ1v) is 5.93. The predicted molar refractivity (Wildman–Crippen MR) is 76.6 cm³/mol. The van der Waals surface area contributed by atoms with Crippen molar-refractivity contribution in [3.05, 3.63) is 46.6 Å². The number of nitrogen functional groups attached to an aromatic ring is 1. The highest BCUT2D eigenvalue weighted by Gasteiger charge is 2.09. The van der Waals surface area contributed by atoms with Gasteiger partial charge in [-0.25, -0.2) is 4.98 Å². The van der Waals surface area contributed by atoms with Crippen LogP contribution in [0.3, 0.4) is 0 Å². The molecule has 5 nitrogen and oxygen atoms in total. The summed E-state index contributed by atoms with van der Waals surface area (Å²) in [5, 5.41) is 3.58. The maximum atomic E-state index is 11.2. The number of halogens is 1. The number of pyridine rings is 1. The molecule has 2 rings (SSSR count). The van der Waals surface area contributed by atoms with E-state index in [1.807, 2.05) is 25.1 Å². The highest BCUT2D eigenvalue weighted by atomic mass is 35.5. The van der Waals surface area contributed by atoms with Gasteiger partial charge in [0.2, 0.25) is 0 Å². The molecule has 0 aliphatic carbocycles. The Bertz CT molecular complexity index is 643. The Kier molecular flexibility index (Phi) is 3.57. The quantitative estimate of drug-likeness (QED) is 0.803. The van der Waals surface area contributed by atoms with Crippen LogP contribution in [0.5, 0.6) is 0 Å². The molecule has 0 saturated heterocycles. The van der Waals surface area contributed by atoms with Gasteiger partial charge in [-0.3, -0.25) is 4.79 Å². The van der Waals surface area contributed by atoms with Crippen molar-refractivity contribution >= 4 is 34.7 Å². The van der Waals surface area contributed by atoms with E-state index in [4.69, 9.17) is 23.1 Å². The molecule has 98 valence electrons. The molecular formula is C13H13ClN4O. The number of nitrogens with zero attached hydrogens (tertiary/aromatic N) is 1. The van der Waals surface area contributed by atoms with Gasteiger partial charge in [-0.05, 0) is 30.7 Å². The third-order valence-electron chi connectivity index (χ3n) is 2.59. The van der Waals surface area contributed by atoms with E-state index in [1.54, 1.807) is 0 Å². The number of carbonyl (C=O) groups is 1. The van der Waals surface area contributed by atoms with Crippen molar-refractivity contribution in [3.63, 3.8) is 0 Å². The lowest BCUT2D eigenvalue weighted by Crippen LogP contribution is -2.14. The summed E-state index contributed by atoms with van der Waals surface area (Å²) in [5.41, 5.74) is 13.1. The molecule has 0 atom stereocenters. The van der Waals surface area contributed by atoms with E-state index in [0.717, 1.165) is 5.56 Å². The molecule has 0 unspecified atom stereocenters. The minimum absolute atomic E-state index is 0.223. The first-order chi connectivity index (χ1) is 8.97. The highest BCUT2D eigenvalue weighted by Crippen LogP contribution is 2.26. The van der Waals surface area contributed by atoms with Crippen molar-refractivity contribution in [2.24, 2.45) is 5.73 Å². The zero-order valence-electron chi connectivity index (χ0n) is 10.3. The third kappa shape index (κ3) is 2.95. The number of primary amides is 1. The van der Waals surface area contributed by atoms with Crippen molar-refractivity contribution in [1.82, 2.24) is 4.98 Å². The summed E-state index contributed by atoms with van der Waals surface area (Å²) < 4.78 is 0. The first kappa shape index (κ1) is 13.2. The number of benzene rings is 1. The Labute approximate surface area is 115 Å². The predicted octanol–water partition coefficient (Wildman–Crippen LogP) is 2.47. The maximum Gasteiger partial charge on any atom is 0.250 e. The Balaban J connectivity index is 2.33. The van der Waals surface area contributed by atoms with E-state index in [1.165, 1.54) is 12.3 Å². The van der Waals surface area contributed by atoms with Crippen molar-refractivity contribution in [3.8, 4) is 0 Å². The molecule has 1 amide bonds. The third-order valence-corrected chi connectivity index (χ3v) is 2.90. The average molecular weight is 277 g/mol. The number of nitrogens with two attached hydrogens (primary N) is 2. The van der Waals surface area contributed by atoms with Gasteiger partial charge in [0.15, 0.2) is 0 Å². The van der Waals surface area contributed by atoms with Crippen molar-refractivity contribution in [2.45, 2.75) is 6.92 Å². The van der Waals surface area contributed by atoms with Crippen molar-refractivity contribution in [1.29, 1.82) is 0 Å². The Morgan fingerprint density at radius 2 is 2.11 bits per heavy atom. The smallest absolute Gasteiger partial charge is 0.250 e. The summed E-state index contributed by atoms with van der Waals surface area (Å²) >= 11 is 6.11. The fourth-order valence-corrected chi connectivity index (χ4v) is 1.89. The minimum atomic E-state index is -0.599. The van der Waals surface area contributed by atoms with E-state index in [2.05, 4.69) is 10.3 Å². The van der Waals surface area contributed by atoms with E-state index in [-0.39, 0.29) is 11.3 Å². The van der Waals surface area contributed by atoms with Gasteiger partial charge >= 0.3 is 0 Å². The molecule has 0 fully saturated rings. The van der Waals surface area contributed by atoms with E-state index >= 15 is 0 Å². The van der Waals surface area contributed by atoms with Crippen LogP contribution in [0.4, 0.5) is 17.2 Å². The molecule has 6 heteroatoms. The van der Waals surface area contributed by atoms with Crippen LogP contribution < -0.4 is 16.8 Å². The van der Waals surface area contributed by atoms with Crippen LogP contribution in [0.2, 0.25) is 5.02 Å². The van der Waals surface area contributed by atoms with Crippen LogP contribution in [-0.4, -0.2) is 10.9 Å². The van der Waals surface area contributed by atoms with E-state index < -0.39 is 5.91 Å². The molecule has 0 radical (unpaired) electrons. The molecule has 0 saturated carbocycles. The van der Waals surface area contributed by atoms with Crippen LogP contribution in [0.15, 0.2) is 30.5 Å². The second kappa shape index (κ2) is 5.16. The molecule has 19 heavy (non-hydrogen) atoms. The molecule has 5 N–H and O–H groups in total. The summed E-state index contributed by atoms with van der Waals surface area (Å²) in [7, 11) is 0. The largest absolute Gasteiger partial charge is 0.397 e. The lowest BCUT2D eigenvalue weighted by Gasteiger charge is -2.10. The molecule has 0 spiro atoms. The van der Waals surface area contributed by atoms with Crippen molar-refractivity contribution < 1.29 is 4.79 Å². The molecular weight excluding hydrogens is 264 g/mol. The van der Waals surface area contributed by atoms with Crippen LogP contribution >= 0.6 is 11.6 Å². The Morgan fingerprint density at radius 3 is 2.74 bits per heavy atom. The van der Waals surface area contributed by atoms with Gasteiger partial charge in [-0.15, -0.1) is 0 Å². The van der Waals surface area contributed by atoms with E-state index in [0.29, 0.717) is 16.5 Å². The zero-order valence-corrected chi connectivity index (χ0v) is 11.0. The molecule has 0 aliphatic rings. The summed E-state index contributed by atoms with van der Waals surface area (Å²) in [6.45, 7) is 1.95. The SMILES string of the molecule is Cc1ccc(Nc2cc(C(N)=O)c(N)cn2)c(Cl)c1. The second-order valence-corrected chi connectivity index (χ2v) is 4.54. The maximum absolute atomic E-state index is 11.2. The summed E-state index contributed by atoms with van der Waals surface area (Å²) in [4.78, 5) is 15.3. The number of rotatable bonds is 3. The lowest BCUT2D eigenvalue weighted by atomic mass is 10.2. The van der Waals surface area contributed by atoms with Gasteiger partial charge in [0.05, 0.1) is 28.2 Å². The number of aromatic nitrogens is 1. The van der Waals surface area contributed by atoms with Crippen LogP contribution in [0.1, 0.15) is 15.9 Å². The standard InChI is InChI=1S/C13H13ClN4O/c1-7-2-3-11(9(14)4-7)18-12-5-8(13(16)19)10(15)6-17-12/h2-6H,15H2,1H3,(H2,16,19)(H,17,18). The van der Waals surface area contributed by atoms with Gasteiger partial charge in [0.25, 0.3) is 5.91 Å². The van der Waals surface area contributed by atoms with Crippen molar-refractivity contribution in [2.75, 3.05) is 11.1 Å².